The maximum absolute atomic E-state index is 12.9. The van der Waals surface area contributed by atoms with Gasteiger partial charge in [0.05, 0.1) is 5.56 Å². The van der Waals surface area contributed by atoms with E-state index in [9.17, 15) is 18.0 Å². The Morgan fingerprint density at radius 3 is 2.70 bits per heavy atom. The van der Waals surface area contributed by atoms with E-state index in [1.165, 1.54) is 18.5 Å². The van der Waals surface area contributed by atoms with Crippen LogP contribution in [0.15, 0.2) is 35.4 Å². The normalized spacial score (nSPS) is 11.4. The summed E-state index contributed by atoms with van der Waals surface area (Å²) in [6, 6.07) is 3.38. The third-order valence-electron chi connectivity index (χ3n) is 2.47. The lowest BCUT2D eigenvalue weighted by Gasteiger charge is -2.13. The zero-order valence-electron chi connectivity index (χ0n) is 10.1. The number of nitrogens with one attached hydrogen (secondary N) is 1. The second kappa shape index (κ2) is 5.33. The highest BCUT2D eigenvalue weighted by molar-refractivity contribution is 5.41. The van der Waals surface area contributed by atoms with Crippen molar-refractivity contribution in [1.82, 2.24) is 9.97 Å². The standard InChI is InChI=1S/C12H10F3N3O2/c13-12(14,15)8-5-7(6-16)1-2-9(8)20-11-10(19)17-3-4-18-11/h1-5H,6,16H2,(H,17,19). The smallest absolute Gasteiger partial charge is 0.419 e. The molecule has 1 aromatic carbocycles. The fraction of sp³-hybridized carbons (Fsp3) is 0.167. The zero-order chi connectivity index (χ0) is 14.8. The van der Waals surface area contributed by atoms with E-state index in [4.69, 9.17) is 10.5 Å². The molecule has 0 atom stereocenters. The molecule has 0 saturated carbocycles. The van der Waals surface area contributed by atoms with Crippen LogP contribution in [0.1, 0.15) is 11.1 Å². The summed E-state index contributed by atoms with van der Waals surface area (Å²) < 4.78 is 43.8. The molecule has 8 heteroatoms. The van der Waals surface area contributed by atoms with Crippen LogP contribution in [0.4, 0.5) is 13.2 Å². The molecule has 0 aliphatic heterocycles. The molecule has 0 unspecified atom stereocenters. The van der Waals surface area contributed by atoms with E-state index in [0.717, 1.165) is 12.1 Å². The van der Waals surface area contributed by atoms with E-state index in [2.05, 4.69) is 9.97 Å². The predicted molar refractivity (Wildman–Crippen MR) is 64.3 cm³/mol. The second-order valence-electron chi connectivity index (χ2n) is 3.86. The van der Waals surface area contributed by atoms with Gasteiger partial charge in [-0.3, -0.25) is 4.79 Å². The molecular weight excluding hydrogens is 275 g/mol. The van der Waals surface area contributed by atoms with Gasteiger partial charge in [-0.25, -0.2) is 4.98 Å². The Labute approximate surface area is 111 Å². The van der Waals surface area contributed by atoms with E-state index in [1.807, 2.05) is 0 Å². The van der Waals surface area contributed by atoms with Crippen LogP contribution in [0.2, 0.25) is 0 Å². The van der Waals surface area contributed by atoms with Gasteiger partial charge in [0.1, 0.15) is 5.75 Å². The first kappa shape index (κ1) is 14.1. The van der Waals surface area contributed by atoms with E-state index < -0.39 is 28.9 Å². The van der Waals surface area contributed by atoms with Crippen molar-refractivity contribution in [2.75, 3.05) is 0 Å². The van der Waals surface area contributed by atoms with Gasteiger partial charge >= 0.3 is 11.7 Å². The molecule has 2 aromatic rings. The number of benzene rings is 1. The van der Waals surface area contributed by atoms with Gasteiger partial charge < -0.3 is 15.5 Å². The first-order valence-corrected chi connectivity index (χ1v) is 5.53. The van der Waals surface area contributed by atoms with Crippen molar-refractivity contribution in [3.05, 3.63) is 52.1 Å². The van der Waals surface area contributed by atoms with E-state index in [0.29, 0.717) is 5.56 Å². The molecule has 0 amide bonds. The Morgan fingerprint density at radius 1 is 1.35 bits per heavy atom. The highest BCUT2D eigenvalue weighted by atomic mass is 19.4. The zero-order valence-corrected chi connectivity index (χ0v) is 10.1. The Kier molecular flexibility index (Phi) is 3.75. The summed E-state index contributed by atoms with van der Waals surface area (Å²) in [6.45, 7) is -0.0342. The summed E-state index contributed by atoms with van der Waals surface area (Å²) in [5.74, 6) is -0.961. The van der Waals surface area contributed by atoms with Gasteiger partial charge in [-0.15, -0.1) is 0 Å². The van der Waals surface area contributed by atoms with Crippen molar-refractivity contribution in [2.45, 2.75) is 12.7 Å². The topological polar surface area (TPSA) is 81.0 Å². The van der Waals surface area contributed by atoms with Crippen molar-refractivity contribution in [2.24, 2.45) is 5.73 Å². The molecule has 0 aliphatic carbocycles. The van der Waals surface area contributed by atoms with Crippen molar-refractivity contribution in [3.8, 4) is 11.6 Å². The minimum atomic E-state index is -4.62. The maximum Gasteiger partial charge on any atom is 0.419 e. The molecule has 20 heavy (non-hydrogen) atoms. The van der Waals surface area contributed by atoms with Crippen LogP contribution >= 0.6 is 0 Å². The quantitative estimate of drug-likeness (QED) is 0.904. The van der Waals surface area contributed by atoms with Crippen LogP contribution < -0.4 is 16.0 Å². The number of aromatic amines is 1. The Hall–Kier alpha value is -2.35. The number of halogens is 3. The van der Waals surface area contributed by atoms with Crippen LogP contribution in [-0.4, -0.2) is 9.97 Å². The number of nitrogens with zero attached hydrogens (tertiary/aromatic N) is 1. The van der Waals surface area contributed by atoms with E-state index >= 15 is 0 Å². The average molecular weight is 285 g/mol. The lowest BCUT2D eigenvalue weighted by atomic mass is 10.1. The Morgan fingerprint density at radius 2 is 2.10 bits per heavy atom. The number of H-pyrrole nitrogens is 1. The molecular formula is C12H10F3N3O2. The summed E-state index contributed by atoms with van der Waals surface area (Å²) in [4.78, 5) is 17.2. The lowest BCUT2D eigenvalue weighted by Crippen LogP contribution is -2.13. The Balaban J connectivity index is 2.47. The third-order valence-corrected chi connectivity index (χ3v) is 2.47. The van der Waals surface area contributed by atoms with Gasteiger partial charge in [-0.2, -0.15) is 13.2 Å². The molecule has 1 heterocycles. The van der Waals surface area contributed by atoms with E-state index in [-0.39, 0.29) is 6.54 Å². The Bertz CT molecular complexity index is 667. The van der Waals surface area contributed by atoms with Crippen LogP contribution in [-0.2, 0) is 12.7 Å². The van der Waals surface area contributed by atoms with Crippen molar-refractivity contribution in [1.29, 1.82) is 0 Å². The number of alkyl halides is 3. The monoisotopic (exact) mass is 285 g/mol. The first-order chi connectivity index (χ1) is 9.41. The number of rotatable bonds is 3. The number of nitrogens with two attached hydrogens (primary N) is 1. The molecule has 3 N–H and O–H groups in total. The third kappa shape index (κ3) is 2.97. The largest absolute Gasteiger partial charge is 0.434 e. The minimum absolute atomic E-state index is 0.0342. The first-order valence-electron chi connectivity index (χ1n) is 5.53. The molecule has 5 nitrogen and oxygen atoms in total. The van der Waals surface area contributed by atoms with Crippen LogP contribution in [0, 0.1) is 0 Å². The van der Waals surface area contributed by atoms with Gasteiger partial charge in [0.15, 0.2) is 0 Å². The number of ether oxygens (including phenoxy) is 1. The molecule has 0 bridgehead atoms. The number of hydrogen-bond acceptors (Lipinski definition) is 4. The molecule has 0 aliphatic rings. The van der Waals surface area contributed by atoms with Gasteiger partial charge in [-0.1, -0.05) is 6.07 Å². The van der Waals surface area contributed by atoms with Crippen LogP contribution in [0.25, 0.3) is 0 Å². The highest BCUT2D eigenvalue weighted by Crippen LogP contribution is 2.37. The molecule has 0 fully saturated rings. The highest BCUT2D eigenvalue weighted by Gasteiger charge is 2.35. The van der Waals surface area contributed by atoms with Crippen LogP contribution in [0.3, 0.4) is 0 Å². The van der Waals surface area contributed by atoms with Gasteiger partial charge in [0, 0.05) is 18.9 Å². The summed E-state index contributed by atoms with van der Waals surface area (Å²) in [7, 11) is 0. The maximum atomic E-state index is 12.9. The molecule has 1 aromatic heterocycles. The van der Waals surface area contributed by atoms with Crippen molar-refractivity contribution in [3.63, 3.8) is 0 Å². The number of hydrogen-bond donors (Lipinski definition) is 2. The SMILES string of the molecule is NCc1ccc(Oc2ncc[nH]c2=O)c(C(F)(F)F)c1. The summed E-state index contributed by atoms with van der Waals surface area (Å²) in [5.41, 5.74) is 3.89. The minimum Gasteiger partial charge on any atom is -0.434 e. The van der Waals surface area contributed by atoms with Crippen molar-refractivity contribution < 1.29 is 17.9 Å². The molecule has 0 saturated heterocycles. The summed E-state index contributed by atoms with van der Waals surface area (Å²) in [6.07, 6.45) is -2.17. The lowest BCUT2D eigenvalue weighted by molar-refractivity contribution is -0.138. The van der Waals surface area contributed by atoms with Gasteiger partial charge in [0.25, 0.3) is 5.88 Å². The average Bonchev–Trinajstić information content (AvgIpc) is 2.40. The molecule has 0 spiro atoms. The summed E-state index contributed by atoms with van der Waals surface area (Å²) >= 11 is 0. The van der Waals surface area contributed by atoms with Crippen LogP contribution in [0.5, 0.6) is 11.6 Å². The number of aromatic nitrogens is 2. The van der Waals surface area contributed by atoms with Gasteiger partial charge in [-0.05, 0) is 17.7 Å². The summed E-state index contributed by atoms with van der Waals surface area (Å²) in [5, 5.41) is 0. The molecule has 106 valence electrons. The van der Waals surface area contributed by atoms with Crippen molar-refractivity contribution >= 4 is 0 Å². The molecule has 0 radical (unpaired) electrons. The predicted octanol–water partition coefficient (Wildman–Crippen LogP) is 2.04. The fourth-order valence-electron chi connectivity index (χ4n) is 1.53. The fourth-order valence-corrected chi connectivity index (χ4v) is 1.53. The molecule has 2 rings (SSSR count). The second-order valence-corrected chi connectivity index (χ2v) is 3.86. The van der Waals surface area contributed by atoms with Gasteiger partial charge in [0.2, 0.25) is 0 Å². The van der Waals surface area contributed by atoms with E-state index in [1.54, 1.807) is 0 Å².